The summed E-state index contributed by atoms with van der Waals surface area (Å²) in [6.45, 7) is 7.21. The number of nitrogens with one attached hydrogen (secondary N) is 3. The summed E-state index contributed by atoms with van der Waals surface area (Å²) in [5.74, 6) is -1.65. The fourth-order valence-corrected chi connectivity index (χ4v) is 8.66. The standard InChI is InChI=1S/C36H52FN9O5/c37-28-21-26-32-34(31(28)40-6-1-11-43-16-18-50-19-17-43)51-30-20-25(35(48)41-7-2-12-44-14-9-38-23-44)4-5-29(30)46(32)22-27(33(26)47)36(49)42-8-3-13-45-15-10-39-24-45/h9-10,14-15,22-26,28-32,34,40H,1-8,11-13,16-21H2,(H,41,48)(H,42,49). The summed E-state index contributed by atoms with van der Waals surface area (Å²) in [4.78, 5) is 53.4. The maximum atomic E-state index is 16.2. The molecule has 2 amide bonds. The minimum atomic E-state index is -1.32. The highest BCUT2D eigenvalue weighted by Gasteiger charge is 2.59. The van der Waals surface area contributed by atoms with Crippen LogP contribution >= 0.6 is 0 Å². The zero-order valence-corrected chi connectivity index (χ0v) is 29.3. The molecule has 2 saturated carbocycles. The molecule has 2 aromatic heterocycles. The van der Waals surface area contributed by atoms with Gasteiger partial charge in [0.05, 0.1) is 61.8 Å². The fraction of sp³-hybridized carbons (Fsp3) is 0.694. The van der Waals surface area contributed by atoms with Crippen molar-refractivity contribution in [3.05, 3.63) is 49.2 Å². The minimum absolute atomic E-state index is 0.00704. The first-order valence-corrected chi connectivity index (χ1v) is 18.8. The first-order chi connectivity index (χ1) is 25.0. The molecule has 0 spiro atoms. The third-order valence-corrected chi connectivity index (χ3v) is 11.3. The number of Topliss-reactive ketones (excluding diaryl/α,β-unsaturated/α-hetero) is 1. The molecule has 8 atom stereocenters. The SMILES string of the molecule is O=C(NCCCn1ccnc1)C1=CN2C3CCC(C(=O)NCCCn4ccnc4)CC3OC3C(NCCCN4CCOCC4)C(F)CC(C1=O)C32. The van der Waals surface area contributed by atoms with E-state index in [2.05, 4.69) is 35.7 Å². The first kappa shape index (κ1) is 35.7. The molecule has 0 aromatic carbocycles. The van der Waals surface area contributed by atoms with Crippen molar-refractivity contribution in [2.24, 2.45) is 11.8 Å². The van der Waals surface area contributed by atoms with E-state index in [0.29, 0.717) is 51.9 Å². The van der Waals surface area contributed by atoms with Gasteiger partial charge in [-0.05, 0) is 58.0 Å². The molecule has 0 bridgehead atoms. The molecule has 3 N–H and O–H groups in total. The molecule has 2 saturated heterocycles. The van der Waals surface area contributed by atoms with Crippen molar-refractivity contribution < 1.29 is 28.2 Å². The van der Waals surface area contributed by atoms with Gasteiger partial charge in [-0.15, -0.1) is 0 Å². The molecule has 8 unspecified atom stereocenters. The van der Waals surface area contributed by atoms with Crippen LogP contribution in [0.1, 0.15) is 44.9 Å². The Morgan fingerprint density at radius 1 is 0.902 bits per heavy atom. The predicted octanol–water partition coefficient (Wildman–Crippen LogP) is 0.904. The number of ketones is 1. The van der Waals surface area contributed by atoms with E-state index in [-0.39, 0.29) is 47.8 Å². The lowest BCUT2D eigenvalue weighted by Gasteiger charge is -2.59. The highest BCUT2D eigenvalue weighted by atomic mass is 19.1. The largest absolute Gasteiger partial charge is 0.379 e. The number of hydrogen-bond acceptors (Lipinski definition) is 10. The van der Waals surface area contributed by atoms with E-state index in [9.17, 15) is 14.4 Å². The summed E-state index contributed by atoms with van der Waals surface area (Å²) in [6, 6.07) is -1.10. The third kappa shape index (κ3) is 8.37. The van der Waals surface area contributed by atoms with Crippen LogP contribution in [-0.4, -0.2) is 135 Å². The quantitative estimate of drug-likeness (QED) is 0.180. The van der Waals surface area contributed by atoms with Crippen molar-refractivity contribution in [2.75, 3.05) is 52.5 Å². The van der Waals surface area contributed by atoms with Crippen molar-refractivity contribution in [1.82, 2.24) is 44.9 Å². The highest BCUT2D eigenvalue weighted by molar-refractivity contribution is 6.20. The summed E-state index contributed by atoms with van der Waals surface area (Å²) in [6.07, 6.45) is 14.4. The van der Waals surface area contributed by atoms with Gasteiger partial charge in [0.1, 0.15) is 6.17 Å². The number of carbonyl (C=O) groups is 3. The topological polar surface area (TPSA) is 148 Å². The Bertz CT molecular complexity index is 1480. The lowest BCUT2D eigenvalue weighted by molar-refractivity contribution is -0.202. The molecule has 7 rings (SSSR count). The molecule has 51 heavy (non-hydrogen) atoms. The first-order valence-electron chi connectivity index (χ1n) is 18.8. The van der Waals surface area contributed by atoms with Crippen LogP contribution in [0.5, 0.6) is 0 Å². The Kier molecular flexibility index (Phi) is 11.8. The number of aryl methyl sites for hydroxylation is 2. The van der Waals surface area contributed by atoms with Gasteiger partial charge in [0.25, 0.3) is 5.91 Å². The molecule has 4 fully saturated rings. The highest BCUT2D eigenvalue weighted by Crippen LogP contribution is 2.46. The molecule has 0 radical (unpaired) electrons. The van der Waals surface area contributed by atoms with Crippen molar-refractivity contribution >= 4 is 17.6 Å². The summed E-state index contributed by atoms with van der Waals surface area (Å²) >= 11 is 0. The van der Waals surface area contributed by atoms with E-state index in [1.54, 1.807) is 31.2 Å². The van der Waals surface area contributed by atoms with Crippen LogP contribution in [0, 0.1) is 11.8 Å². The minimum Gasteiger partial charge on any atom is -0.379 e. The molecule has 5 heterocycles. The number of aromatic nitrogens is 4. The Hall–Kier alpha value is -3.66. The number of morpholine rings is 2. The summed E-state index contributed by atoms with van der Waals surface area (Å²) < 4.78 is 32.5. The maximum absolute atomic E-state index is 16.2. The van der Waals surface area contributed by atoms with Crippen LogP contribution in [0.3, 0.4) is 0 Å². The number of nitrogens with zero attached hydrogens (tertiary/aromatic N) is 6. The summed E-state index contributed by atoms with van der Waals surface area (Å²) in [5.41, 5.74) is 0.0835. The van der Waals surface area contributed by atoms with Crippen molar-refractivity contribution in [3.8, 4) is 0 Å². The number of rotatable bonds is 15. The van der Waals surface area contributed by atoms with Crippen molar-refractivity contribution in [2.45, 2.75) is 94.5 Å². The summed E-state index contributed by atoms with van der Waals surface area (Å²) in [5, 5.41) is 9.52. The van der Waals surface area contributed by atoms with Crippen LogP contribution in [0.25, 0.3) is 0 Å². The van der Waals surface area contributed by atoms with Gasteiger partial charge in [-0.2, -0.15) is 0 Å². The Morgan fingerprint density at radius 3 is 2.31 bits per heavy atom. The number of amides is 2. The normalized spacial score (nSPS) is 30.6. The third-order valence-electron chi connectivity index (χ3n) is 11.3. The van der Waals surface area contributed by atoms with E-state index < -0.39 is 30.1 Å². The smallest absolute Gasteiger partial charge is 0.256 e. The number of alkyl halides is 1. The Labute approximate surface area is 298 Å². The van der Waals surface area contributed by atoms with Crippen LogP contribution in [0.2, 0.25) is 0 Å². The second-order valence-electron chi connectivity index (χ2n) is 14.6. The lowest BCUT2D eigenvalue weighted by atomic mass is 9.69. The molecule has 14 nitrogen and oxygen atoms in total. The van der Waals surface area contributed by atoms with Crippen molar-refractivity contribution in [3.63, 3.8) is 0 Å². The van der Waals surface area contributed by atoms with Gasteiger partial charge in [0.2, 0.25) is 5.91 Å². The average Bonchev–Trinajstić information content (AvgIpc) is 3.87. The monoisotopic (exact) mass is 709 g/mol. The molecular weight excluding hydrogens is 657 g/mol. The van der Waals surface area contributed by atoms with E-state index in [0.717, 1.165) is 52.2 Å². The second-order valence-corrected chi connectivity index (χ2v) is 14.6. The van der Waals surface area contributed by atoms with Crippen molar-refractivity contribution in [1.29, 1.82) is 0 Å². The van der Waals surface area contributed by atoms with Crippen LogP contribution in [0.15, 0.2) is 49.2 Å². The molecule has 15 heteroatoms. The molecule has 2 aliphatic carbocycles. The zero-order chi connectivity index (χ0) is 35.2. The van der Waals surface area contributed by atoms with Crippen LogP contribution in [-0.2, 0) is 36.9 Å². The molecule has 2 aromatic rings. The van der Waals surface area contributed by atoms with Gasteiger partial charge in [-0.25, -0.2) is 14.4 Å². The van der Waals surface area contributed by atoms with E-state index in [1.165, 1.54) is 0 Å². The predicted molar refractivity (Wildman–Crippen MR) is 185 cm³/mol. The van der Waals surface area contributed by atoms with Crippen LogP contribution < -0.4 is 16.0 Å². The van der Waals surface area contributed by atoms with E-state index >= 15 is 4.39 Å². The fourth-order valence-electron chi connectivity index (χ4n) is 8.66. The second kappa shape index (κ2) is 16.8. The lowest BCUT2D eigenvalue weighted by Crippen LogP contribution is -2.73. The Balaban J connectivity index is 1.03. The van der Waals surface area contributed by atoms with Gasteiger partial charge in [0, 0.05) is 82.1 Å². The number of carbonyl (C=O) groups excluding carboxylic acids is 3. The number of fused-ring (bicyclic) bond motifs is 2. The molecular formula is C36H52FN9O5. The average molecular weight is 710 g/mol. The summed E-state index contributed by atoms with van der Waals surface area (Å²) in [7, 11) is 0. The van der Waals surface area contributed by atoms with E-state index in [4.69, 9.17) is 9.47 Å². The molecule has 5 aliphatic rings. The van der Waals surface area contributed by atoms with Gasteiger partial charge >= 0.3 is 0 Å². The van der Waals surface area contributed by atoms with E-state index in [1.807, 2.05) is 21.5 Å². The number of halogens is 1. The van der Waals surface area contributed by atoms with Gasteiger partial charge in [-0.1, -0.05) is 0 Å². The Morgan fingerprint density at radius 2 is 1.61 bits per heavy atom. The number of imidazole rings is 2. The van der Waals surface area contributed by atoms with Crippen LogP contribution in [0.4, 0.5) is 4.39 Å². The molecule has 3 aliphatic heterocycles. The van der Waals surface area contributed by atoms with Gasteiger partial charge < -0.3 is 39.5 Å². The maximum Gasteiger partial charge on any atom is 0.256 e. The number of hydrogen-bond donors (Lipinski definition) is 3. The van der Waals surface area contributed by atoms with Gasteiger partial charge in [-0.3, -0.25) is 19.3 Å². The zero-order valence-electron chi connectivity index (χ0n) is 29.3. The van der Waals surface area contributed by atoms with Gasteiger partial charge in [0.15, 0.2) is 5.78 Å². The number of ether oxygens (including phenoxy) is 2. The molecule has 278 valence electrons.